The van der Waals surface area contributed by atoms with E-state index in [0.29, 0.717) is 6.54 Å². The van der Waals surface area contributed by atoms with E-state index in [4.69, 9.17) is 5.73 Å². The number of benzene rings is 2. The Balaban J connectivity index is 1.82. The van der Waals surface area contributed by atoms with E-state index >= 15 is 0 Å². The van der Waals surface area contributed by atoms with E-state index in [1.165, 1.54) is 5.56 Å². The van der Waals surface area contributed by atoms with Crippen LogP contribution in [-0.2, 0) is 6.42 Å². The topological polar surface area (TPSA) is 50.1 Å². The Morgan fingerprint density at radius 1 is 0.789 bits per heavy atom. The Labute approximate surface area is 114 Å². The summed E-state index contributed by atoms with van der Waals surface area (Å²) in [5.74, 6) is 0. The lowest BCUT2D eigenvalue weighted by molar-refractivity contribution is 1.01. The Bertz CT molecular complexity index is 482. The van der Waals surface area contributed by atoms with Gasteiger partial charge in [0.15, 0.2) is 0 Å². The predicted octanol–water partition coefficient (Wildman–Crippen LogP) is 2.71. The van der Waals surface area contributed by atoms with Gasteiger partial charge in [-0.1, -0.05) is 36.4 Å². The monoisotopic (exact) mass is 255 g/mol. The lowest BCUT2D eigenvalue weighted by Crippen LogP contribution is -2.13. The number of hydrogen-bond donors (Lipinski definition) is 3. The first kappa shape index (κ1) is 13.4. The highest BCUT2D eigenvalue weighted by Crippen LogP contribution is 2.14. The quantitative estimate of drug-likeness (QED) is 0.713. The smallest absolute Gasteiger partial charge is 0.0361 e. The minimum absolute atomic E-state index is 0.645. The van der Waals surface area contributed by atoms with Crippen LogP contribution < -0.4 is 16.4 Å². The van der Waals surface area contributed by atoms with Crippen molar-refractivity contribution >= 4 is 11.4 Å². The van der Waals surface area contributed by atoms with Crippen LogP contribution in [0, 0.1) is 0 Å². The summed E-state index contributed by atoms with van der Waals surface area (Å²) < 4.78 is 0. The first-order chi connectivity index (χ1) is 9.38. The van der Waals surface area contributed by atoms with Gasteiger partial charge in [-0.3, -0.25) is 0 Å². The largest absolute Gasteiger partial charge is 0.385 e. The van der Waals surface area contributed by atoms with Crippen molar-refractivity contribution in [1.29, 1.82) is 0 Å². The van der Waals surface area contributed by atoms with Crippen molar-refractivity contribution in [2.24, 2.45) is 5.73 Å². The zero-order valence-corrected chi connectivity index (χ0v) is 11.1. The van der Waals surface area contributed by atoms with E-state index in [2.05, 4.69) is 53.1 Å². The number of nitrogens with two attached hydrogens (primary N) is 1. The van der Waals surface area contributed by atoms with Gasteiger partial charge in [-0.05, 0) is 30.2 Å². The third kappa shape index (κ3) is 4.64. The fourth-order valence-corrected chi connectivity index (χ4v) is 1.95. The van der Waals surface area contributed by atoms with Gasteiger partial charge in [-0.2, -0.15) is 0 Å². The maximum atomic E-state index is 5.48. The van der Waals surface area contributed by atoms with Crippen LogP contribution in [0.1, 0.15) is 5.56 Å². The summed E-state index contributed by atoms with van der Waals surface area (Å²) in [5.41, 5.74) is 9.08. The summed E-state index contributed by atoms with van der Waals surface area (Å²) in [6.45, 7) is 2.38. The fraction of sp³-hybridized carbons (Fsp3) is 0.250. The van der Waals surface area contributed by atoms with Crippen molar-refractivity contribution in [1.82, 2.24) is 0 Å². The van der Waals surface area contributed by atoms with Crippen LogP contribution in [0.3, 0.4) is 0 Å². The molecule has 2 aromatic carbocycles. The van der Waals surface area contributed by atoms with Gasteiger partial charge in [0.2, 0.25) is 0 Å². The van der Waals surface area contributed by atoms with E-state index in [-0.39, 0.29) is 0 Å². The summed E-state index contributed by atoms with van der Waals surface area (Å²) in [4.78, 5) is 0. The second kappa shape index (κ2) is 7.44. The molecule has 0 aliphatic rings. The number of nitrogens with one attached hydrogen (secondary N) is 2. The number of hydrogen-bond acceptors (Lipinski definition) is 3. The Hall–Kier alpha value is -2.00. The van der Waals surface area contributed by atoms with Crippen LogP contribution in [-0.4, -0.2) is 19.6 Å². The average Bonchev–Trinajstić information content (AvgIpc) is 2.47. The molecule has 0 radical (unpaired) electrons. The van der Waals surface area contributed by atoms with Crippen LogP contribution >= 0.6 is 0 Å². The van der Waals surface area contributed by atoms with Gasteiger partial charge < -0.3 is 16.4 Å². The van der Waals surface area contributed by atoms with Crippen LogP contribution in [0.2, 0.25) is 0 Å². The minimum Gasteiger partial charge on any atom is -0.385 e. The van der Waals surface area contributed by atoms with E-state index in [1.54, 1.807) is 0 Å². The highest BCUT2D eigenvalue weighted by Gasteiger charge is 1.96. The highest BCUT2D eigenvalue weighted by atomic mass is 14.9. The maximum Gasteiger partial charge on any atom is 0.0361 e. The van der Waals surface area contributed by atoms with Gasteiger partial charge in [-0.15, -0.1) is 0 Å². The number of anilines is 2. The summed E-state index contributed by atoms with van der Waals surface area (Å²) in [7, 11) is 0. The fourth-order valence-electron chi connectivity index (χ4n) is 1.95. The van der Waals surface area contributed by atoms with Crippen LogP contribution in [0.25, 0.3) is 0 Å². The average molecular weight is 255 g/mol. The second-order valence-corrected chi connectivity index (χ2v) is 4.46. The zero-order chi connectivity index (χ0) is 13.3. The lowest BCUT2D eigenvalue weighted by atomic mass is 10.1. The molecule has 0 spiro atoms. The predicted molar refractivity (Wildman–Crippen MR) is 82.6 cm³/mol. The second-order valence-electron chi connectivity index (χ2n) is 4.46. The molecule has 0 aromatic heterocycles. The molecule has 0 amide bonds. The highest BCUT2D eigenvalue weighted by molar-refractivity contribution is 5.56. The van der Waals surface area contributed by atoms with E-state index < -0.39 is 0 Å². The van der Waals surface area contributed by atoms with Crippen LogP contribution in [0.5, 0.6) is 0 Å². The standard InChI is InChI=1S/C16H21N3/c17-10-12-19-16-8-4-7-15(13-16)18-11-9-14-5-2-1-3-6-14/h1-8,13,18-19H,9-12,17H2. The normalized spacial score (nSPS) is 10.2. The molecular formula is C16H21N3. The van der Waals surface area contributed by atoms with E-state index in [0.717, 1.165) is 30.9 Å². The Kier molecular flexibility index (Phi) is 5.26. The van der Waals surface area contributed by atoms with Crippen molar-refractivity contribution in [3.8, 4) is 0 Å². The SMILES string of the molecule is NCCNc1cccc(NCCc2ccccc2)c1. The Morgan fingerprint density at radius 3 is 2.16 bits per heavy atom. The number of rotatable bonds is 7. The molecule has 0 bridgehead atoms. The molecule has 0 heterocycles. The summed E-state index contributed by atoms with van der Waals surface area (Å²) >= 11 is 0. The molecule has 19 heavy (non-hydrogen) atoms. The van der Waals surface area contributed by atoms with Gasteiger partial charge in [0, 0.05) is 31.0 Å². The molecule has 0 aliphatic carbocycles. The molecule has 0 saturated carbocycles. The van der Waals surface area contributed by atoms with Gasteiger partial charge in [0.05, 0.1) is 0 Å². The molecule has 4 N–H and O–H groups in total. The van der Waals surface area contributed by atoms with Gasteiger partial charge >= 0.3 is 0 Å². The molecule has 0 saturated heterocycles. The molecule has 0 unspecified atom stereocenters. The van der Waals surface area contributed by atoms with Crippen LogP contribution in [0.15, 0.2) is 54.6 Å². The molecule has 3 nitrogen and oxygen atoms in total. The van der Waals surface area contributed by atoms with E-state index in [9.17, 15) is 0 Å². The van der Waals surface area contributed by atoms with Gasteiger partial charge in [-0.25, -0.2) is 0 Å². The third-order valence-electron chi connectivity index (χ3n) is 2.92. The third-order valence-corrected chi connectivity index (χ3v) is 2.92. The van der Waals surface area contributed by atoms with Crippen molar-refractivity contribution in [2.45, 2.75) is 6.42 Å². The summed E-state index contributed by atoms with van der Waals surface area (Å²) in [6.07, 6.45) is 1.03. The summed E-state index contributed by atoms with van der Waals surface area (Å²) in [5, 5.41) is 6.72. The van der Waals surface area contributed by atoms with E-state index in [1.807, 2.05) is 12.1 Å². The molecule has 2 aromatic rings. The van der Waals surface area contributed by atoms with Crippen molar-refractivity contribution in [3.63, 3.8) is 0 Å². The Morgan fingerprint density at radius 2 is 1.47 bits per heavy atom. The lowest BCUT2D eigenvalue weighted by Gasteiger charge is -2.09. The van der Waals surface area contributed by atoms with Gasteiger partial charge in [0.25, 0.3) is 0 Å². The minimum atomic E-state index is 0.645. The van der Waals surface area contributed by atoms with Crippen molar-refractivity contribution < 1.29 is 0 Å². The van der Waals surface area contributed by atoms with Gasteiger partial charge in [0.1, 0.15) is 0 Å². The molecule has 3 heteroatoms. The van der Waals surface area contributed by atoms with Crippen molar-refractivity contribution in [2.75, 3.05) is 30.3 Å². The zero-order valence-electron chi connectivity index (χ0n) is 11.1. The van der Waals surface area contributed by atoms with Crippen molar-refractivity contribution in [3.05, 3.63) is 60.2 Å². The molecular weight excluding hydrogens is 234 g/mol. The molecule has 2 rings (SSSR count). The van der Waals surface area contributed by atoms with Crippen LogP contribution in [0.4, 0.5) is 11.4 Å². The first-order valence-corrected chi connectivity index (χ1v) is 6.70. The first-order valence-electron chi connectivity index (χ1n) is 6.70. The molecule has 100 valence electrons. The molecule has 0 aliphatic heterocycles. The molecule has 0 fully saturated rings. The molecule has 0 atom stereocenters. The maximum absolute atomic E-state index is 5.48. The summed E-state index contributed by atoms with van der Waals surface area (Å²) in [6, 6.07) is 18.8.